The molecule has 5 heteroatoms. The Morgan fingerprint density at radius 1 is 0.659 bits per heavy atom. The Hall–Kier alpha value is -4.19. The Morgan fingerprint density at radius 2 is 1.12 bits per heavy atom. The number of hydrogen-bond acceptors (Lipinski definition) is 3. The lowest BCUT2D eigenvalue weighted by Gasteiger charge is -2.45. The molecule has 0 radical (unpaired) electrons. The van der Waals surface area contributed by atoms with Gasteiger partial charge in [0.2, 0.25) is 11.3 Å². The van der Waals surface area contributed by atoms with Crippen LogP contribution in [0.25, 0.3) is 11.1 Å². The summed E-state index contributed by atoms with van der Waals surface area (Å²) in [6.45, 7) is 4.47. The molecule has 0 bridgehead atoms. The van der Waals surface area contributed by atoms with Crippen LogP contribution in [-0.2, 0) is 37.0 Å². The van der Waals surface area contributed by atoms with E-state index in [2.05, 4.69) is 83.6 Å². The van der Waals surface area contributed by atoms with E-state index in [-0.39, 0.29) is 5.92 Å². The van der Waals surface area contributed by atoms with Crippen molar-refractivity contribution >= 4 is 0 Å². The Balaban J connectivity index is 1.43. The molecule has 41 heavy (non-hydrogen) atoms. The quantitative estimate of drug-likeness (QED) is 0.333. The first-order valence-corrected chi connectivity index (χ1v) is 15.0. The topological polar surface area (TPSA) is 72.7 Å². The molecule has 1 aromatic heterocycles. The van der Waals surface area contributed by atoms with Crippen molar-refractivity contribution in [3.63, 3.8) is 0 Å². The molecule has 4 N–H and O–H groups in total. The molecule has 2 atom stereocenters. The van der Waals surface area contributed by atoms with E-state index in [0.29, 0.717) is 0 Å². The van der Waals surface area contributed by atoms with Gasteiger partial charge in [0.1, 0.15) is 5.92 Å². The molecule has 4 aromatic carbocycles. The van der Waals surface area contributed by atoms with E-state index in [0.717, 1.165) is 31.5 Å². The van der Waals surface area contributed by atoms with Crippen LogP contribution in [0.2, 0.25) is 0 Å². The molecule has 5 aromatic rings. The second-order valence-corrected chi connectivity index (χ2v) is 12.5. The zero-order valence-electron chi connectivity index (χ0n) is 23.3. The number of benzene rings is 4. The van der Waals surface area contributed by atoms with Gasteiger partial charge < -0.3 is 0 Å². The second-order valence-electron chi connectivity index (χ2n) is 12.5. The lowest BCUT2D eigenvalue weighted by Crippen LogP contribution is -2.80. The summed E-state index contributed by atoms with van der Waals surface area (Å²) in [6.07, 6.45) is 7.59. The van der Waals surface area contributed by atoms with Crippen LogP contribution < -0.4 is 20.6 Å². The second kappa shape index (κ2) is 6.99. The first kappa shape index (κ1) is 22.5. The fourth-order valence-electron chi connectivity index (χ4n) is 9.53. The van der Waals surface area contributed by atoms with Crippen molar-refractivity contribution in [3.8, 4) is 11.1 Å². The van der Waals surface area contributed by atoms with E-state index in [9.17, 15) is 0 Å². The molecule has 0 fully saturated rings. The number of hydrogen-bond donors (Lipinski definition) is 2. The number of rotatable bonds is 2. The van der Waals surface area contributed by atoms with Crippen LogP contribution in [0.4, 0.5) is 0 Å². The van der Waals surface area contributed by atoms with Gasteiger partial charge in [-0.2, -0.15) is 0 Å². The summed E-state index contributed by atoms with van der Waals surface area (Å²) in [4.78, 5) is 4.91. The number of aromatic nitrogens is 3. The van der Waals surface area contributed by atoms with Gasteiger partial charge in [-0.3, -0.25) is 11.5 Å². The average Bonchev–Trinajstić information content (AvgIpc) is 3.34. The summed E-state index contributed by atoms with van der Waals surface area (Å²) in [5.41, 5.74) is 32.3. The van der Waals surface area contributed by atoms with E-state index >= 15 is 0 Å². The summed E-state index contributed by atoms with van der Waals surface area (Å²) in [5, 5.41) is 0. The maximum atomic E-state index is 7.90. The van der Waals surface area contributed by atoms with E-state index in [4.69, 9.17) is 16.5 Å². The van der Waals surface area contributed by atoms with Crippen molar-refractivity contribution in [1.29, 1.82) is 0 Å². The minimum atomic E-state index is -0.872. The minimum Gasteiger partial charge on any atom is -0.275 e. The lowest BCUT2D eigenvalue weighted by atomic mass is 9.66. The molecule has 0 amide bonds. The maximum Gasteiger partial charge on any atom is 0.360 e. The number of fused-ring (bicyclic) bond motifs is 7. The molecule has 0 saturated carbocycles. The molecule has 198 valence electrons. The third-order valence-electron chi connectivity index (χ3n) is 10.9. The molecule has 2 aliphatic heterocycles. The molecule has 3 aliphatic carbocycles. The van der Waals surface area contributed by atoms with Gasteiger partial charge in [0, 0.05) is 22.3 Å². The van der Waals surface area contributed by atoms with Gasteiger partial charge in [-0.15, -0.1) is 9.13 Å². The Labute approximate surface area is 239 Å². The highest BCUT2D eigenvalue weighted by molar-refractivity contribution is 5.86. The zero-order chi connectivity index (χ0) is 27.4. The van der Waals surface area contributed by atoms with Crippen molar-refractivity contribution in [2.24, 2.45) is 11.5 Å². The molecule has 5 nitrogen and oxygen atoms in total. The Bertz CT molecular complexity index is 1930. The first-order valence-electron chi connectivity index (χ1n) is 15.0. The summed E-state index contributed by atoms with van der Waals surface area (Å²) in [5.74, 6) is 1.21. The highest BCUT2D eigenvalue weighted by atomic mass is 15.3. The molecule has 10 rings (SSSR count). The lowest BCUT2D eigenvalue weighted by molar-refractivity contribution is -0.885. The Morgan fingerprint density at radius 3 is 1.59 bits per heavy atom. The summed E-state index contributed by atoms with van der Waals surface area (Å²) in [7, 11) is 0. The summed E-state index contributed by atoms with van der Waals surface area (Å²) < 4.78 is 4.60. The van der Waals surface area contributed by atoms with Crippen LogP contribution in [0, 0.1) is 0 Å². The third-order valence-corrected chi connectivity index (χ3v) is 10.9. The largest absolute Gasteiger partial charge is 0.360 e. The predicted molar refractivity (Wildman–Crippen MR) is 155 cm³/mol. The Kier molecular flexibility index (Phi) is 3.83. The van der Waals surface area contributed by atoms with Gasteiger partial charge in [-0.1, -0.05) is 74.5 Å². The normalized spacial score (nSPS) is 24.0. The molecule has 0 spiro atoms. The average molecular weight is 534 g/mol. The van der Waals surface area contributed by atoms with E-state index < -0.39 is 11.3 Å². The van der Waals surface area contributed by atoms with Gasteiger partial charge in [0.05, 0.1) is 4.98 Å². The molecular weight excluding hydrogens is 502 g/mol. The summed E-state index contributed by atoms with van der Waals surface area (Å²) >= 11 is 0. The van der Waals surface area contributed by atoms with Crippen molar-refractivity contribution in [1.82, 2.24) is 4.98 Å². The molecule has 3 heterocycles. The fraction of sp³-hybridized carbons (Fsp3) is 0.250. The van der Waals surface area contributed by atoms with E-state index in [1.165, 1.54) is 77.9 Å². The van der Waals surface area contributed by atoms with Crippen molar-refractivity contribution in [2.75, 3.05) is 0 Å². The molecule has 0 saturated heterocycles. The standard InChI is InChI=1S/C36H31N5/c1-3-19-7-5-9-21-15-23-11-13-25-26-14-12-24-16-22-10-6-8-20(4-2)31(22)36(38)33(24)28(26)29-27(25)32(23)35(37,30(19)21)40-17-39-18-41(36)34(29)40/h5-14,17-18,29H,3-4,15-16,37-38H2,1-2H3/q+2. The van der Waals surface area contributed by atoms with Gasteiger partial charge in [0.25, 0.3) is 0 Å². The molecule has 5 aliphatic rings. The predicted octanol–water partition coefficient (Wildman–Crippen LogP) is 3.79. The van der Waals surface area contributed by atoms with Crippen LogP contribution in [0.15, 0.2) is 73.3 Å². The maximum absolute atomic E-state index is 7.90. The third kappa shape index (κ3) is 2.22. The smallest absolute Gasteiger partial charge is 0.275 e. The highest BCUT2D eigenvalue weighted by Crippen LogP contribution is 2.60. The number of nitrogens with two attached hydrogens (primary N) is 2. The van der Waals surface area contributed by atoms with Crippen molar-refractivity contribution in [3.05, 3.63) is 146 Å². The van der Waals surface area contributed by atoms with Crippen LogP contribution in [0.1, 0.15) is 92.4 Å². The van der Waals surface area contributed by atoms with Gasteiger partial charge in [0.15, 0.2) is 0 Å². The first-order chi connectivity index (χ1) is 20.0. The monoisotopic (exact) mass is 533 g/mol. The van der Waals surface area contributed by atoms with Crippen LogP contribution in [0.3, 0.4) is 0 Å². The number of nitrogens with zero attached hydrogens (tertiary/aromatic N) is 3. The van der Waals surface area contributed by atoms with Gasteiger partial charge in [-0.25, -0.2) is 0 Å². The highest BCUT2D eigenvalue weighted by Gasteiger charge is 2.65. The van der Waals surface area contributed by atoms with Crippen molar-refractivity contribution < 1.29 is 9.13 Å². The summed E-state index contributed by atoms with van der Waals surface area (Å²) in [6, 6.07) is 22.8. The minimum absolute atomic E-state index is 0.0759. The zero-order valence-corrected chi connectivity index (χ0v) is 23.3. The van der Waals surface area contributed by atoms with Gasteiger partial charge >= 0.3 is 18.5 Å². The molecule has 2 unspecified atom stereocenters. The van der Waals surface area contributed by atoms with E-state index in [1.807, 2.05) is 12.7 Å². The van der Waals surface area contributed by atoms with Gasteiger partial charge in [-0.05, 0) is 81.3 Å². The SMILES string of the molecule is CCc1cccc2c1C1(N)c3c(ccc4c3C3c5c-4ccc4c5C(N)(c5c(CC)cccc5C4)[n+]4cnc[n+]1c43)C2. The van der Waals surface area contributed by atoms with Crippen LogP contribution >= 0.6 is 0 Å². The van der Waals surface area contributed by atoms with E-state index in [1.54, 1.807) is 0 Å². The molecular formula is C36H31N5+2. The fourth-order valence-corrected chi connectivity index (χ4v) is 9.53. The van der Waals surface area contributed by atoms with Crippen LogP contribution in [0.5, 0.6) is 0 Å². The number of aryl methyl sites for hydroxylation is 2. The van der Waals surface area contributed by atoms with Crippen molar-refractivity contribution in [2.45, 2.75) is 56.8 Å². The van der Waals surface area contributed by atoms with Crippen LogP contribution in [-0.4, -0.2) is 4.98 Å².